The largest absolute Gasteiger partial charge is 0.508 e. The molecule has 0 spiro atoms. The minimum Gasteiger partial charge on any atom is -0.508 e. The fourth-order valence-electron chi connectivity index (χ4n) is 6.32. The molecule has 1 aromatic heterocycles. The number of nitrogens with two attached hydrogens (primary N) is 1. The second kappa shape index (κ2) is 10.2. The van der Waals surface area contributed by atoms with Crippen molar-refractivity contribution in [2.24, 2.45) is 11.1 Å². The molecule has 1 amide bonds. The predicted octanol–water partition coefficient (Wildman–Crippen LogP) is 2.42. The molecule has 2 aliphatic heterocycles. The average molecular weight is 547 g/mol. The molecule has 2 aromatic carbocycles. The number of aromatic nitrogens is 2. The Labute approximate surface area is 234 Å². The van der Waals surface area contributed by atoms with Crippen molar-refractivity contribution in [1.82, 2.24) is 19.8 Å². The lowest BCUT2D eigenvalue weighted by molar-refractivity contribution is 0.0751. The van der Waals surface area contributed by atoms with E-state index < -0.39 is 6.10 Å². The Balaban J connectivity index is 1.33. The van der Waals surface area contributed by atoms with Crippen molar-refractivity contribution in [3.05, 3.63) is 52.7 Å². The number of nitrogens with zero attached hydrogens (tertiary/aromatic N) is 5. The summed E-state index contributed by atoms with van der Waals surface area (Å²) >= 11 is 0. The normalized spacial score (nSPS) is 21.6. The number of carbonyl (C=O) groups is 1. The molecule has 2 unspecified atom stereocenters. The summed E-state index contributed by atoms with van der Waals surface area (Å²) in [6.45, 7) is 5.02. The molecule has 10 nitrogen and oxygen atoms in total. The summed E-state index contributed by atoms with van der Waals surface area (Å²) in [4.78, 5) is 29.4. The lowest BCUT2D eigenvalue weighted by Gasteiger charge is -2.35. The molecule has 1 saturated carbocycles. The van der Waals surface area contributed by atoms with Gasteiger partial charge in [-0.2, -0.15) is 9.97 Å². The van der Waals surface area contributed by atoms with E-state index in [2.05, 4.69) is 19.0 Å². The zero-order chi connectivity index (χ0) is 28.2. The molecule has 0 bridgehead atoms. The summed E-state index contributed by atoms with van der Waals surface area (Å²) in [5, 5.41) is 22.5. The Hall–Kier alpha value is -3.47. The number of aromatic hydroxyl groups is 1. The van der Waals surface area contributed by atoms with Crippen LogP contribution in [0.5, 0.6) is 11.8 Å². The number of benzene rings is 2. The van der Waals surface area contributed by atoms with E-state index in [1.54, 1.807) is 17.0 Å². The fourth-order valence-corrected chi connectivity index (χ4v) is 6.32. The number of ether oxygens (including phenoxy) is 1. The van der Waals surface area contributed by atoms with E-state index in [-0.39, 0.29) is 23.1 Å². The monoisotopic (exact) mass is 546 g/mol. The molecular formula is C30H38N6O4. The number of amides is 1. The van der Waals surface area contributed by atoms with Crippen molar-refractivity contribution in [2.45, 2.75) is 51.4 Å². The number of β-amino-alcohol motifs (C(OH)–C–C–N with tert-alkyl or cyclic N) is 1. The number of phenolic OH excluding ortho intramolecular Hbond substituents is 1. The third-order valence-corrected chi connectivity index (χ3v) is 8.30. The predicted molar refractivity (Wildman–Crippen MR) is 152 cm³/mol. The maximum Gasteiger partial charge on any atom is 0.318 e. The summed E-state index contributed by atoms with van der Waals surface area (Å²) < 4.78 is 6.21. The molecule has 0 radical (unpaired) electrons. The van der Waals surface area contributed by atoms with Crippen molar-refractivity contribution in [2.75, 3.05) is 45.2 Å². The second-order valence-corrected chi connectivity index (χ2v) is 12.2. The van der Waals surface area contributed by atoms with E-state index >= 15 is 0 Å². The van der Waals surface area contributed by atoms with Gasteiger partial charge in [-0.3, -0.25) is 4.79 Å². The maximum atomic E-state index is 13.9. The van der Waals surface area contributed by atoms with Gasteiger partial charge in [0.05, 0.1) is 37.1 Å². The number of carbonyl (C=O) groups excluding carboxylic acids is 1. The Kier molecular flexibility index (Phi) is 6.80. The lowest BCUT2D eigenvalue weighted by Crippen LogP contribution is -2.50. The first-order valence-corrected chi connectivity index (χ1v) is 14.0. The van der Waals surface area contributed by atoms with Crippen LogP contribution in [0.4, 0.5) is 5.82 Å². The Morgan fingerprint density at radius 2 is 2.00 bits per heavy atom. The minimum absolute atomic E-state index is 0.0531. The summed E-state index contributed by atoms with van der Waals surface area (Å²) in [5.41, 5.74) is 9.40. The van der Waals surface area contributed by atoms with Crippen LogP contribution in [0.15, 0.2) is 30.3 Å². The number of anilines is 1. The van der Waals surface area contributed by atoms with E-state index in [4.69, 9.17) is 20.4 Å². The minimum atomic E-state index is -0.561. The number of rotatable bonds is 7. The van der Waals surface area contributed by atoms with Gasteiger partial charge < -0.3 is 35.4 Å². The smallest absolute Gasteiger partial charge is 0.318 e. The molecule has 1 saturated heterocycles. The van der Waals surface area contributed by atoms with Gasteiger partial charge in [-0.25, -0.2) is 0 Å². The van der Waals surface area contributed by atoms with Crippen LogP contribution in [0.2, 0.25) is 0 Å². The molecule has 212 valence electrons. The number of piperidine rings is 1. The van der Waals surface area contributed by atoms with Crippen LogP contribution in [0.1, 0.15) is 46.4 Å². The first-order chi connectivity index (χ1) is 19.1. The highest BCUT2D eigenvalue weighted by atomic mass is 16.5. The van der Waals surface area contributed by atoms with Crippen LogP contribution in [0.25, 0.3) is 10.8 Å². The SMILES string of the molecule is Cc1cccc2cc(O)cc(C(=O)N3Cc4nc(OCC5(CN(C)C)CC5)nc(N5CC(N)CC(O)C5)c4C3)c12. The quantitative estimate of drug-likeness (QED) is 0.409. The highest BCUT2D eigenvalue weighted by molar-refractivity contribution is 6.09. The summed E-state index contributed by atoms with van der Waals surface area (Å²) in [5.74, 6) is 0.538. The molecule has 6 rings (SSSR count). The van der Waals surface area contributed by atoms with Crippen LogP contribution >= 0.6 is 0 Å². The van der Waals surface area contributed by atoms with Crippen molar-refractivity contribution in [3.8, 4) is 11.8 Å². The summed E-state index contributed by atoms with van der Waals surface area (Å²) in [6.07, 6.45) is 2.19. The van der Waals surface area contributed by atoms with Gasteiger partial charge in [0.15, 0.2) is 0 Å². The highest BCUT2D eigenvalue weighted by Crippen LogP contribution is 2.46. The van der Waals surface area contributed by atoms with Crippen LogP contribution < -0.4 is 15.4 Å². The zero-order valence-corrected chi connectivity index (χ0v) is 23.4. The number of fused-ring (bicyclic) bond motifs is 2. The molecule has 40 heavy (non-hydrogen) atoms. The number of phenols is 1. The van der Waals surface area contributed by atoms with Crippen LogP contribution in [0.3, 0.4) is 0 Å². The zero-order valence-electron chi connectivity index (χ0n) is 23.4. The number of aliphatic hydroxyl groups is 1. The van der Waals surface area contributed by atoms with E-state index in [9.17, 15) is 15.0 Å². The fraction of sp³-hybridized carbons (Fsp3) is 0.500. The van der Waals surface area contributed by atoms with Gasteiger partial charge in [-0.15, -0.1) is 0 Å². The molecule has 3 aliphatic rings. The van der Waals surface area contributed by atoms with E-state index in [1.807, 2.05) is 30.0 Å². The van der Waals surface area contributed by atoms with Gasteiger partial charge in [0.25, 0.3) is 5.91 Å². The molecular weight excluding hydrogens is 508 g/mol. The van der Waals surface area contributed by atoms with E-state index in [0.717, 1.165) is 47.0 Å². The Bertz CT molecular complexity index is 1450. The molecule has 4 N–H and O–H groups in total. The van der Waals surface area contributed by atoms with Crippen molar-refractivity contribution in [3.63, 3.8) is 0 Å². The first-order valence-electron chi connectivity index (χ1n) is 14.0. The van der Waals surface area contributed by atoms with Gasteiger partial charge in [0.1, 0.15) is 11.6 Å². The lowest BCUT2D eigenvalue weighted by atomic mass is 9.98. The molecule has 3 aromatic rings. The molecule has 1 aliphatic carbocycles. The standard InChI is InChI=1S/C30H38N6O4/c1-18-5-4-6-19-9-21(37)11-23(26(18)19)28(39)36-14-24-25(15-36)32-29(40-17-30(7-8-30)16-34(2)3)33-27(24)35-12-20(31)10-22(38)13-35/h4-6,9,11,20,22,37-38H,7-8,10,12-17,31H2,1-3H3. The van der Waals surface area contributed by atoms with Gasteiger partial charge in [-0.1, -0.05) is 18.2 Å². The van der Waals surface area contributed by atoms with Crippen LogP contribution in [-0.4, -0.2) is 88.4 Å². The van der Waals surface area contributed by atoms with Gasteiger partial charge in [-0.05, 0) is 68.8 Å². The second-order valence-electron chi connectivity index (χ2n) is 12.2. The molecule has 10 heteroatoms. The number of hydrogen-bond acceptors (Lipinski definition) is 9. The van der Waals surface area contributed by atoms with Gasteiger partial charge in [0, 0.05) is 36.7 Å². The number of aliphatic hydroxyl groups excluding tert-OH is 1. The van der Waals surface area contributed by atoms with Crippen molar-refractivity contribution < 1.29 is 19.7 Å². The molecule has 2 fully saturated rings. The van der Waals surface area contributed by atoms with E-state index in [1.165, 1.54) is 0 Å². The Morgan fingerprint density at radius 1 is 1.20 bits per heavy atom. The van der Waals surface area contributed by atoms with Gasteiger partial charge >= 0.3 is 6.01 Å². The third-order valence-electron chi connectivity index (χ3n) is 8.30. The first kappa shape index (κ1) is 26.7. The van der Waals surface area contributed by atoms with Crippen LogP contribution in [-0.2, 0) is 13.1 Å². The topological polar surface area (TPSA) is 128 Å². The maximum absolute atomic E-state index is 13.9. The molecule has 2 atom stereocenters. The molecule has 3 heterocycles. The van der Waals surface area contributed by atoms with Crippen molar-refractivity contribution >= 4 is 22.5 Å². The Morgan fingerprint density at radius 3 is 2.73 bits per heavy atom. The van der Waals surface area contributed by atoms with Crippen molar-refractivity contribution in [1.29, 1.82) is 0 Å². The summed E-state index contributed by atoms with van der Waals surface area (Å²) in [7, 11) is 4.13. The van der Waals surface area contributed by atoms with Gasteiger partial charge in [0.2, 0.25) is 0 Å². The van der Waals surface area contributed by atoms with E-state index in [0.29, 0.717) is 56.6 Å². The summed E-state index contributed by atoms with van der Waals surface area (Å²) in [6, 6.07) is 9.12. The third kappa shape index (κ3) is 5.18. The highest BCUT2D eigenvalue weighted by Gasteiger charge is 2.44. The number of hydrogen-bond donors (Lipinski definition) is 3. The number of aryl methyl sites for hydroxylation is 1. The average Bonchev–Trinajstić information content (AvgIpc) is 3.50. The van der Waals surface area contributed by atoms with Crippen LogP contribution in [0, 0.1) is 12.3 Å².